The van der Waals surface area contributed by atoms with Crippen LogP contribution in [-0.4, -0.2) is 33.0 Å². The maximum atomic E-state index is 14.0. The van der Waals surface area contributed by atoms with Crippen LogP contribution in [0, 0.1) is 18.6 Å². The summed E-state index contributed by atoms with van der Waals surface area (Å²) in [6, 6.07) is 2.16. The normalized spacial score (nSPS) is 10.6. The lowest BCUT2D eigenvalue weighted by molar-refractivity contribution is -0.137. The summed E-state index contributed by atoms with van der Waals surface area (Å²) in [4.78, 5) is 14.7. The summed E-state index contributed by atoms with van der Waals surface area (Å²) in [6.07, 6.45) is 0. The maximum absolute atomic E-state index is 14.0. The molecule has 0 unspecified atom stereocenters. The molecule has 0 bridgehead atoms. The number of carbonyl (C=O) groups is 1. The molecular formula is C12H11F2N3O3. The molecule has 2 rings (SSSR count). The molecule has 0 atom stereocenters. The van der Waals surface area contributed by atoms with Gasteiger partial charge >= 0.3 is 5.97 Å². The Kier molecular flexibility index (Phi) is 3.64. The molecule has 0 aliphatic heterocycles. The standard InChI is InChI=1S/C12H11F2N3O3/c1-6-15-12(17(16-6)5-9(18)19)10-8(20-2)4-3-7(13)11(10)14/h3-4H,5H2,1-2H3,(H,18,19). The Labute approximate surface area is 112 Å². The van der Waals surface area contributed by atoms with Crippen LogP contribution in [-0.2, 0) is 11.3 Å². The number of rotatable bonds is 4. The third-order valence-corrected chi connectivity index (χ3v) is 2.56. The third kappa shape index (κ3) is 2.44. The van der Waals surface area contributed by atoms with Crippen LogP contribution in [0.5, 0.6) is 5.75 Å². The Morgan fingerprint density at radius 1 is 1.45 bits per heavy atom. The number of ether oxygens (including phenoxy) is 1. The molecule has 0 aliphatic carbocycles. The van der Waals surface area contributed by atoms with Gasteiger partial charge in [0.15, 0.2) is 17.5 Å². The monoisotopic (exact) mass is 283 g/mol. The van der Waals surface area contributed by atoms with E-state index in [-0.39, 0.29) is 23.0 Å². The minimum absolute atomic E-state index is 0.0444. The number of halogens is 2. The number of aliphatic carboxylic acids is 1. The molecule has 0 saturated heterocycles. The largest absolute Gasteiger partial charge is 0.496 e. The van der Waals surface area contributed by atoms with E-state index in [9.17, 15) is 13.6 Å². The number of nitrogens with zero attached hydrogens (tertiary/aromatic N) is 3. The highest BCUT2D eigenvalue weighted by atomic mass is 19.2. The van der Waals surface area contributed by atoms with Crippen LogP contribution in [0.2, 0.25) is 0 Å². The molecule has 1 heterocycles. The molecule has 0 aliphatic rings. The van der Waals surface area contributed by atoms with Crippen molar-refractivity contribution in [2.24, 2.45) is 0 Å². The predicted molar refractivity (Wildman–Crippen MR) is 64.3 cm³/mol. The van der Waals surface area contributed by atoms with Gasteiger partial charge in [0, 0.05) is 0 Å². The van der Waals surface area contributed by atoms with Crippen molar-refractivity contribution in [1.29, 1.82) is 0 Å². The van der Waals surface area contributed by atoms with Gasteiger partial charge in [0.2, 0.25) is 0 Å². The summed E-state index contributed by atoms with van der Waals surface area (Å²) in [6.45, 7) is 1.00. The van der Waals surface area contributed by atoms with Gasteiger partial charge in [-0.25, -0.2) is 18.4 Å². The SMILES string of the molecule is COc1ccc(F)c(F)c1-c1nc(C)nn1CC(=O)O. The first-order valence-corrected chi connectivity index (χ1v) is 5.59. The number of hydrogen-bond donors (Lipinski definition) is 1. The maximum Gasteiger partial charge on any atom is 0.325 e. The summed E-state index contributed by atoms with van der Waals surface area (Å²) in [5.41, 5.74) is -0.255. The van der Waals surface area contributed by atoms with Crippen LogP contribution >= 0.6 is 0 Å². The van der Waals surface area contributed by atoms with Crippen molar-refractivity contribution >= 4 is 5.97 Å². The number of carboxylic acid groups (broad SMARTS) is 1. The summed E-state index contributed by atoms with van der Waals surface area (Å²) in [5.74, 6) is -3.23. The average Bonchev–Trinajstić information content (AvgIpc) is 2.72. The molecule has 1 aromatic heterocycles. The Balaban J connectivity index is 2.67. The molecule has 0 radical (unpaired) electrons. The van der Waals surface area contributed by atoms with Crippen molar-refractivity contribution in [3.8, 4) is 17.1 Å². The third-order valence-electron chi connectivity index (χ3n) is 2.56. The van der Waals surface area contributed by atoms with Crippen LogP contribution in [0.4, 0.5) is 8.78 Å². The molecule has 20 heavy (non-hydrogen) atoms. The second-order valence-corrected chi connectivity index (χ2v) is 3.97. The van der Waals surface area contributed by atoms with Crippen molar-refractivity contribution in [1.82, 2.24) is 14.8 Å². The first kappa shape index (κ1) is 13.9. The average molecular weight is 283 g/mol. The van der Waals surface area contributed by atoms with Crippen molar-refractivity contribution in [2.45, 2.75) is 13.5 Å². The highest BCUT2D eigenvalue weighted by Gasteiger charge is 2.22. The quantitative estimate of drug-likeness (QED) is 0.922. The first-order valence-electron chi connectivity index (χ1n) is 5.59. The number of carboxylic acids is 1. The molecule has 1 N–H and O–H groups in total. The van der Waals surface area contributed by atoms with Crippen LogP contribution in [0.1, 0.15) is 5.82 Å². The predicted octanol–water partition coefficient (Wildman–Crippen LogP) is 1.62. The number of benzene rings is 1. The molecule has 0 amide bonds. The van der Waals surface area contributed by atoms with Gasteiger partial charge in [-0.15, -0.1) is 0 Å². The molecule has 2 aromatic rings. The topological polar surface area (TPSA) is 77.2 Å². The molecule has 6 nitrogen and oxygen atoms in total. The zero-order chi connectivity index (χ0) is 14.9. The molecule has 0 fully saturated rings. The number of hydrogen-bond acceptors (Lipinski definition) is 4. The number of aromatic nitrogens is 3. The van der Waals surface area contributed by atoms with Gasteiger partial charge in [-0.05, 0) is 19.1 Å². The Morgan fingerprint density at radius 2 is 2.15 bits per heavy atom. The van der Waals surface area contributed by atoms with Gasteiger partial charge in [-0.3, -0.25) is 4.79 Å². The zero-order valence-corrected chi connectivity index (χ0v) is 10.7. The van der Waals surface area contributed by atoms with E-state index in [0.717, 1.165) is 10.7 Å². The fourth-order valence-electron chi connectivity index (χ4n) is 1.79. The molecule has 8 heteroatoms. The number of methoxy groups -OCH3 is 1. The van der Waals surface area contributed by atoms with Crippen LogP contribution in [0.15, 0.2) is 12.1 Å². The molecule has 1 aromatic carbocycles. The Morgan fingerprint density at radius 3 is 2.75 bits per heavy atom. The molecular weight excluding hydrogens is 272 g/mol. The van der Waals surface area contributed by atoms with E-state index in [1.54, 1.807) is 0 Å². The van der Waals surface area contributed by atoms with Crippen molar-refractivity contribution < 1.29 is 23.4 Å². The molecule has 0 spiro atoms. The van der Waals surface area contributed by atoms with Crippen LogP contribution in [0.3, 0.4) is 0 Å². The van der Waals surface area contributed by atoms with E-state index >= 15 is 0 Å². The first-order chi connectivity index (χ1) is 9.43. The smallest absolute Gasteiger partial charge is 0.325 e. The van der Waals surface area contributed by atoms with E-state index in [2.05, 4.69) is 10.1 Å². The van der Waals surface area contributed by atoms with E-state index in [4.69, 9.17) is 9.84 Å². The van der Waals surface area contributed by atoms with Gasteiger partial charge < -0.3 is 9.84 Å². The molecule has 106 valence electrons. The summed E-state index contributed by atoms with van der Waals surface area (Å²) < 4.78 is 33.3. The summed E-state index contributed by atoms with van der Waals surface area (Å²) >= 11 is 0. The van der Waals surface area contributed by atoms with Gasteiger partial charge in [0.1, 0.15) is 18.1 Å². The lowest BCUT2D eigenvalue weighted by Gasteiger charge is -2.10. The summed E-state index contributed by atoms with van der Waals surface area (Å²) in [7, 11) is 1.29. The lowest BCUT2D eigenvalue weighted by Crippen LogP contribution is -2.12. The highest BCUT2D eigenvalue weighted by Crippen LogP contribution is 2.32. The fraction of sp³-hybridized carbons (Fsp3) is 0.250. The van der Waals surface area contributed by atoms with Gasteiger partial charge in [-0.1, -0.05) is 0 Å². The zero-order valence-electron chi connectivity index (χ0n) is 10.7. The van der Waals surface area contributed by atoms with Gasteiger partial charge in [-0.2, -0.15) is 5.10 Å². The minimum atomic E-state index is -1.17. The minimum Gasteiger partial charge on any atom is -0.496 e. The second-order valence-electron chi connectivity index (χ2n) is 3.97. The summed E-state index contributed by atoms with van der Waals surface area (Å²) in [5, 5.41) is 12.7. The number of aryl methyl sites for hydroxylation is 1. The van der Waals surface area contributed by atoms with E-state index in [1.807, 2.05) is 0 Å². The van der Waals surface area contributed by atoms with E-state index in [0.29, 0.717) is 0 Å². The van der Waals surface area contributed by atoms with Crippen molar-refractivity contribution in [2.75, 3.05) is 7.11 Å². The van der Waals surface area contributed by atoms with Gasteiger partial charge in [0.05, 0.1) is 12.7 Å². The van der Waals surface area contributed by atoms with Gasteiger partial charge in [0.25, 0.3) is 0 Å². The van der Waals surface area contributed by atoms with Crippen molar-refractivity contribution in [3.63, 3.8) is 0 Å². The highest BCUT2D eigenvalue weighted by molar-refractivity contribution is 5.70. The van der Waals surface area contributed by atoms with E-state index < -0.39 is 24.1 Å². The van der Waals surface area contributed by atoms with Crippen LogP contribution in [0.25, 0.3) is 11.4 Å². The van der Waals surface area contributed by atoms with Crippen molar-refractivity contribution in [3.05, 3.63) is 29.6 Å². The van der Waals surface area contributed by atoms with E-state index in [1.165, 1.54) is 20.1 Å². The Bertz CT molecular complexity index is 670. The van der Waals surface area contributed by atoms with Crippen LogP contribution < -0.4 is 4.74 Å². The second kappa shape index (κ2) is 5.24. The Hall–Kier alpha value is -2.51. The fourth-order valence-corrected chi connectivity index (χ4v) is 1.79. The lowest BCUT2D eigenvalue weighted by atomic mass is 10.1. The molecule has 0 saturated carbocycles.